The van der Waals surface area contributed by atoms with Crippen molar-refractivity contribution in [2.45, 2.75) is 18.1 Å². The van der Waals surface area contributed by atoms with Gasteiger partial charge in [0.25, 0.3) is 5.91 Å². The number of hydrogen-bond donors (Lipinski definition) is 0. The van der Waals surface area contributed by atoms with Crippen LogP contribution in [0.25, 0.3) is 0 Å². The van der Waals surface area contributed by atoms with Crippen LogP contribution in [0, 0.1) is 5.82 Å². The van der Waals surface area contributed by atoms with Crippen LogP contribution < -0.4 is 4.74 Å². The molecule has 1 aliphatic heterocycles. The topological polar surface area (TPSA) is 68.7 Å². The van der Waals surface area contributed by atoms with Gasteiger partial charge in [0.05, 0.1) is 24.3 Å². The van der Waals surface area contributed by atoms with E-state index in [-0.39, 0.29) is 30.0 Å². The van der Waals surface area contributed by atoms with Gasteiger partial charge in [-0.15, -0.1) is 18.3 Å². The second kappa shape index (κ2) is 10.4. The Labute approximate surface area is 179 Å². The fourth-order valence-electron chi connectivity index (χ4n) is 3.04. The van der Waals surface area contributed by atoms with Gasteiger partial charge in [-0.3, -0.25) is 9.59 Å². The van der Waals surface area contributed by atoms with E-state index >= 15 is 0 Å². The van der Waals surface area contributed by atoms with Crippen molar-refractivity contribution in [1.29, 1.82) is 0 Å². The summed E-state index contributed by atoms with van der Waals surface area (Å²) in [6, 6.07) is 7.63. The molecule has 8 heteroatoms. The monoisotopic (exact) mass is 430 g/mol. The first kappa shape index (κ1) is 22.0. The standard InChI is InChI=1S/C22H23FN2O4S/c1-3-11-30-21-19(5-4-8-24-21)22(27)25-9-10-28-17(13-25)14-29-16-6-7-18(15(2)26)20(23)12-16/h3-8,12,17H,1,9-11,13-14H2,2H3. The van der Waals surface area contributed by atoms with Gasteiger partial charge < -0.3 is 14.4 Å². The number of amides is 1. The molecule has 0 bridgehead atoms. The molecule has 1 aromatic carbocycles. The normalized spacial score (nSPS) is 16.2. The van der Waals surface area contributed by atoms with Gasteiger partial charge in [0, 0.05) is 24.6 Å². The molecule has 3 rings (SSSR count). The molecule has 1 unspecified atom stereocenters. The number of carbonyl (C=O) groups excluding carboxylic acids is 2. The molecule has 1 atom stereocenters. The molecule has 0 N–H and O–H groups in total. The Bertz CT molecular complexity index is 937. The van der Waals surface area contributed by atoms with Crippen molar-refractivity contribution < 1.29 is 23.5 Å². The molecule has 0 radical (unpaired) electrons. The van der Waals surface area contributed by atoms with Gasteiger partial charge in [-0.05, 0) is 31.2 Å². The Morgan fingerprint density at radius 1 is 1.40 bits per heavy atom. The summed E-state index contributed by atoms with van der Waals surface area (Å²) in [5.41, 5.74) is 0.572. The average molecular weight is 431 g/mol. The molecular formula is C22H23FN2O4S. The first-order chi connectivity index (χ1) is 14.5. The highest BCUT2D eigenvalue weighted by Gasteiger charge is 2.27. The third-order valence-electron chi connectivity index (χ3n) is 4.52. The maximum absolute atomic E-state index is 13.9. The minimum absolute atomic E-state index is 0.0228. The van der Waals surface area contributed by atoms with Gasteiger partial charge in [0.15, 0.2) is 5.78 Å². The van der Waals surface area contributed by atoms with E-state index in [1.54, 1.807) is 35.4 Å². The van der Waals surface area contributed by atoms with Crippen molar-refractivity contribution in [3.63, 3.8) is 0 Å². The maximum Gasteiger partial charge on any atom is 0.256 e. The lowest BCUT2D eigenvalue weighted by Crippen LogP contribution is -2.47. The summed E-state index contributed by atoms with van der Waals surface area (Å²) >= 11 is 1.46. The average Bonchev–Trinajstić information content (AvgIpc) is 2.76. The Kier molecular flexibility index (Phi) is 7.59. The summed E-state index contributed by atoms with van der Waals surface area (Å²) < 4.78 is 25.3. The Morgan fingerprint density at radius 3 is 2.97 bits per heavy atom. The fraction of sp³-hybridized carbons (Fsp3) is 0.318. The lowest BCUT2D eigenvalue weighted by Gasteiger charge is -2.33. The summed E-state index contributed by atoms with van der Waals surface area (Å²) in [5, 5.41) is 0.669. The molecule has 0 saturated carbocycles. The van der Waals surface area contributed by atoms with Crippen molar-refractivity contribution in [3.05, 3.63) is 66.1 Å². The number of pyridine rings is 1. The molecule has 0 aliphatic carbocycles. The number of nitrogens with zero attached hydrogens (tertiary/aromatic N) is 2. The number of ketones is 1. The largest absolute Gasteiger partial charge is 0.491 e. The Balaban J connectivity index is 1.62. The smallest absolute Gasteiger partial charge is 0.256 e. The summed E-state index contributed by atoms with van der Waals surface area (Å²) in [4.78, 5) is 30.4. The van der Waals surface area contributed by atoms with Crippen molar-refractivity contribution in [2.24, 2.45) is 0 Å². The maximum atomic E-state index is 13.9. The Morgan fingerprint density at radius 2 is 2.23 bits per heavy atom. The van der Waals surface area contributed by atoms with E-state index in [2.05, 4.69) is 11.6 Å². The van der Waals surface area contributed by atoms with Crippen LogP contribution in [-0.4, -0.2) is 59.7 Å². The highest BCUT2D eigenvalue weighted by molar-refractivity contribution is 7.99. The summed E-state index contributed by atoms with van der Waals surface area (Å²) in [7, 11) is 0. The van der Waals surface area contributed by atoms with Crippen molar-refractivity contribution in [1.82, 2.24) is 9.88 Å². The molecule has 2 aromatic rings. The van der Waals surface area contributed by atoms with Crippen LogP contribution in [0.5, 0.6) is 5.75 Å². The van der Waals surface area contributed by atoms with E-state index in [0.29, 0.717) is 41.8 Å². The minimum atomic E-state index is -0.623. The number of halogens is 1. The molecule has 1 aliphatic rings. The van der Waals surface area contributed by atoms with Gasteiger partial charge in [-0.25, -0.2) is 9.37 Å². The van der Waals surface area contributed by atoms with Crippen LogP contribution in [-0.2, 0) is 4.74 Å². The number of ether oxygens (including phenoxy) is 2. The van der Waals surface area contributed by atoms with Gasteiger partial charge >= 0.3 is 0 Å². The number of thioether (sulfide) groups is 1. The van der Waals surface area contributed by atoms with Crippen LogP contribution in [0.2, 0.25) is 0 Å². The van der Waals surface area contributed by atoms with E-state index in [9.17, 15) is 14.0 Å². The highest BCUT2D eigenvalue weighted by Crippen LogP contribution is 2.23. The molecule has 1 saturated heterocycles. The zero-order valence-corrected chi connectivity index (χ0v) is 17.5. The van der Waals surface area contributed by atoms with Crippen LogP contribution in [0.1, 0.15) is 27.6 Å². The van der Waals surface area contributed by atoms with E-state index in [0.717, 1.165) is 0 Å². The second-order valence-electron chi connectivity index (χ2n) is 6.71. The molecule has 1 fully saturated rings. The zero-order chi connectivity index (χ0) is 21.5. The summed E-state index contributed by atoms with van der Waals surface area (Å²) in [5.74, 6) is -0.109. The highest BCUT2D eigenvalue weighted by atomic mass is 32.2. The molecule has 1 amide bonds. The van der Waals surface area contributed by atoms with Gasteiger partial charge in [-0.2, -0.15) is 0 Å². The van der Waals surface area contributed by atoms with Gasteiger partial charge in [-0.1, -0.05) is 6.08 Å². The predicted octanol–water partition coefficient (Wildman–Crippen LogP) is 3.62. The summed E-state index contributed by atoms with van der Waals surface area (Å²) in [6.07, 6.45) is 3.08. The Hall–Kier alpha value is -2.71. The lowest BCUT2D eigenvalue weighted by molar-refractivity contribution is -0.0402. The molecule has 30 heavy (non-hydrogen) atoms. The molecule has 2 heterocycles. The quantitative estimate of drug-likeness (QED) is 0.362. The predicted molar refractivity (Wildman–Crippen MR) is 113 cm³/mol. The van der Waals surface area contributed by atoms with E-state index < -0.39 is 5.82 Å². The number of hydrogen-bond acceptors (Lipinski definition) is 6. The van der Waals surface area contributed by atoms with Gasteiger partial charge in [0.1, 0.15) is 29.3 Å². The van der Waals surface area contributed by atoms with E-state index in [4.69, 9.17) is 9.47 Å². The lowest BCUT2D eigenvalue weighted by atomic mass is 10.1. The number of morpholine rings is 1. The number of Topliss-reactive ketones (excluding diaryl/α,β-unsaturated/α-hetero) is 1. The number of benzene rings is 1. The third kappa shape index (κ3) is 5.46. The molecule has 6 nitrogen and oxygen atoms in total. The first-order valence-electron chi connectivity index (χ1n) is 9.52. The zero-order valence-electron chi connectivity index (χ0n) is 16.7. The number of rotatable bonds is 8. The molecule has 158 valence electrons. The molecular weight excluding hydrogens is 407 g/mol. The van der Waals surface area contributed by atoms with Gasteiger partial charge in [0.2, 0.25) is 0 Å². The van der Waals surface area contributed by atoms with Crippen LogP contribution in [0.15, 0.2) is 54.2 Å². The first-order valence-corrected chi connectivity index (χ1v) is 10.5. The summed E-state index contributed by atoms with van der Waals surface area (Å²) in [6.45, 7) is 6.38. The SMILES string of the molecule is C=CCSc1ncccc1C(=O)N1CCOC(COc2ccc(C(C)=O)c(F)c2)C1. The van der Waals surface area contributed by atoms with Crippen LogP contribution >= 0.6 is 11.8 Å². The van der Waals surface area contributed by atoms with E-state index in [1.165, 1.54) is 30.8 Å². The van der Waals surface area contributed by atoms with Crippen molar-refractivity contribution >= 4 is 23.5 Å². The third-order valence-corrected chi connectivity index (χ3v) is 5.52. The minimum Gasteiger partial charge on any atom is -0.491 e. The molecule has 1 aromatic heterocycles. The second-order valence-corrected chi connectivity index (χ2v) is 7.72. The number of aromatic nitrogens is 1. The van der Waals surface area contributed by atoms with Crippen molar-refractivity contribution in [2.75, 3.05) is 32.1 Å². The van der Waals surface area contributed by atoms with Crippen LogP contribution in [0.3, 0.4) is 0 Å². The fourth-order valence-corrected chi connectivity index (χ4v) is 3.76. The number of carbonyl (C=O) groups is 2. The molecule has 0 spiro atoms. The van der Waals surface area contributed by atoms with Crippen molar-refractivity contribution in [3.8, 4) is 5.75 Å². The van der Waals surface area contributed by atoms with Crippen LogP contribution in [0.4, 0.5) is 4.39 Å². The van der Waals surface area contributed by atoms with E-state index in [1.807, 2.05) is 0 Å².